The monoisotopic (exact) mass is 277 g/mol. The lowest BCUT2D eigenvalue weighted by Gasteiger charge is -2.11. The number of nitrogens with two attached hydrogens (primary N) is 1. The Labute approximate surface area is 118 Å². The Morgan fingerprint density at radius 2 is 2.42 bits per heavy atom. The first-order valence-corrected chi connectivity index (χ1v) is 7.49. The zero-order chi connectivity index (χ0) is 14.1. The van der Waals surface area contributed by atoms with Crippen molar-refractivity contribution >= 4 is 17.7 Å². The fourth-order valence-corrected chi connectivity index (χ4v) is 2.21. The van der Waals surface area contributed by atoms with Gasteiger partial charge in [-0.3, -0.25) is 4.79 Å². The zero-order valence-corrected chi connectivity index (χ0v) is 12.1. The van der Waals surface area contributed by atoms with Crippen LogP contribution in [0.25, 0.3) is 0 Å². The fourth-order valence-electron chi connectivity index (χ4n) is 1.53. The van der Waals surface area contributed by atoms with Crippen molar-refractivity contribution in [3.05, 3.63) is 29.6 Å². The summed E-state index contributed by atoms with van der Waals surface area (Å²) in [7, 11) is 0. The van der Waals surface area contributed by atoms with Gasteiger partial charge in [-0.15, -0.1) is 0 Å². The summed E-state index contributed by atoms with van der Waals surface area (Å²) in [4.78, 5) is 16.2. The molecule has 4 nitrogen and oxygen atoms in total. The highest BCUT2D eigenvalue weighted by molar-refractivity contribution is 7.98. The number of nitrogens with zero attached hydrogens (tertiary/aromatic N) is 1. The van der Waals surface area contributed by atoms with Crippen LogP contribution in [0.1, 0.15) is 23.0 Å². The van der Waals surface area contributed by atoms with E-state index in [0.717, 1.165) is 5.75 Å². The molecule has 1 amide bonds. The lowest BCUT2D eigenvalue weighted by molar-refractivity contribution is 0.0944. The Morgan fingerprint density at radius 3 is 3.11 bits per heavy atom. The van der Waals surface area contributed by atoms with Crippen molar-refractivity contribution in [2.24, 2.45) is 11.7 Å². The molecule has 0 saturated carbocycles. The minimum atomic E-state index is -0.185. The van der Waals surface area contributed by atoms with Crippen molar-refractivity contribution < 1.29 is 4.79 Å². The van der Waals surface area contributed by atoms with Crippen LogP contribution < -0.4 is 11.1 Å². The average molecular weight is 277 g/mol. The number of pyridine rings is 1. The molecule has 1 aromatic heterocycles. The van der Waals surface area contributed by atoms with Gasteiger partial charge in [0.2, 0.25) is 0 Å². The lowest BCUT2D eigenvalue weighted by Crippen LogP contribution is -2.30. The Morgan fingerprint density at radius 1 is 1.63 bits per heavy atom. The molecule has 0 aliphatic rings. The standard InChI is InChI=1S/C14H19N3OS/c1-11(10-19-2)9-17-14(18)13-12(5-3-7-15)6-4-8-16-13/h4,6,8,11H,7,9-10,15H2,1-2H3,(H,17,18). The summed E-state index contributed by atoms with van der Waals surface area (Å²) in [5.41, 5.74) is 6.31. The van der Waals surface area contributed by atoms with Crippen LogP contribution >= 0.6 is 11.8 Å². The Bertz CT molecular complexity index is 479. The molecule has 0 spiro atoms. The van der Waals surface area contributed by atoms with Crippen molar-refractivity contribution in [1.29, 1.82) is 0 Å². The van der Waals surface area contributed by atoms with Crippen molar-refractivity contribution in [3.8, 4) is 11.8 Å². The van der Waals surface area contributed by atoms with Gasteiger partial charge in [0.05, 0.1) is 12.1 Å². The third-order valence-electron chi connectivity index (χ3n) is 2.41. The fraction of sp³-hybridized carbons (Fsp3) is 0.429. The molecule has 0 aromatic carbocycles. The number of rotatable bonds is 5. The van der Waals surface area contributed by atoms with Gasteiger partial charge in [-0.05, 0) is 30.1 Å². The molecule has 0 aliphatic heterocycles. The molecule has 3 N–H and O–H groups in total. The van der Waals surface area contributed by atoms with E-state index in [2.05, 4.69) is 35.3 Å². The second-order valence-electron chi connectivity index (χ2n) is 4.18. The van der Waals surface area contributed by atoms with Crippen LogP contribution in [0.3, 0.4) is 0 Å². The lowest BCUT2D eigenvalue weighted by atomic mass is 10.1. The summed E-state index contributed by atoms with van der Waals surface area (Å²) in [6.07, 6.45) is 3.64. The Kier molecular flexibility index (Phi) is 7.01. The van der Waals surface area contributed by atoms with Gasteiger partial charge in [0.15, 0.2) is 0 Å². The highest BCUT2D eigenvalue weighted by atomic mass is 32.2. The van der Waals surface area contributed by atoms with Gasteiger partial charge in [0.25, 0.3) is 5.91 Å². The molecular formula is C14H19N3OS. The maximum atomic E-state index is 12.1. The molecule has 1 unspecified atom stereocenters. The number of hydrogen-bond donors (Lipinski definition) is 2. The summed E-state index contributed by atoms with van der Waals surface area (Å²) in [6, 6.07) is 3.53. The topological polar surface area (TPSA) is 68.0 Å². The summed E-state index contributed by atoms with van der Waals surface area (Å²) < 4.78 is 0. The second-order valence-corrected chi connectivity index (χ2v) is 5.09. The molecule has 1 aromatic rings. The minimum absolute atomic E-state index is 0.185. The number of carbonyl (C=O) groups is 1. The molecule has 102 valence electrons. The Balaban J connectivity index is 2.71. The van der Waals surface area contributed by atoms with E-state index in [9.17, 15) is 4.79 Å². The number of nitrogens with one attached hydrogen (secondary N) is 1. The van der Waals surface area contributed by atoms with E-state index in [0.29, 0.717) is 23.7 Å². The van der Waals surface area contributed by atoms with Crippen LogP contribution in [-0.2, 0) is 0 Å². The SMILES string of the molecule is CSCC(C)CNC(=O)c1ncccc1C#CCN. The summed E-state index contributed by atoms with van der Waals surface area (Å²) in [5.74, 6) is 6.87. The molecule has 0 aliphatic carbocycles. The van der Waals surface area contributed by atoms with E-state index in [1.54, 1.807) is 30.1 Å². The van der Waals surface area contributed by atoms with Crippen LogP contribution in [0, 0.1) is 17.8 Å². The molecule has 1 heterocycles. The molecule has 0 radical (unpaired) electrons. The maximum Gasteiger partial charge on any atom is 0.271 e. The second kappa shape index (κ2) is 8.57. The average Bonchev–Trinajstić information content (AvgIpc) is 2.43. The van der Waals surface area contributed by atoms with Crippen LogP contribution in [0.15, 0.2) is 18.3 Å². The number of aromatic nitrogens is 1. The van der Waals surface area contributed by atoms with Crippen molar-refractivity contribution in [2.75, 3.05) is 25.1 Å². The van der Waals surface area contributed by atoms with E-state index in [-0.39, 0.29) is 12.5 Å². The van der Waals surface area contributed by atoms with E-state index >= 15 is 0 Å². The molecule has 0 bridgehead atoms. The summed E-state index contributed by atoms with van der Waals surface area (Å²) in [5, 5.41) is 2.89. The largest absolute Gasteiger partial charge is 0.350 e. The number of thioether (sulfide) groups is 1. The van der Waals surface area contributed by atoms with Gasteiger partial charge in [-0.1, -0.05) is 18.8 Å². The predicted octanol–water partition coefficient (Wildman–Crippen LogP) is 1.12. The maximum absolute atomic E-state index is 12.1. The zero-order valence-electron chi connectivity index (χ0n) is 11.3. The van der Waals surface area contributed by atoms with E-state index in [4.69, 9.17) is 5.73 Å². The van der Waals surface area contributed by atoms with E-state index in [1.165, 1.54) is 0 Å². The van der Waals surface area contributed by atoms with Crippen LogP contribution in [0.5, 0.6) is 0 Å². The van der Waals surface area contributed by atoms with Crippen LogP contribution in [0.4, 0.5) is 0 Å². The molecule has 19 heavy (non-hydrogen) atoms. The van der Waals surface area contributed by atoms with Gasteiger partial charge < -0.3 is 11.1 Å². The molecule has 0 fully saturated rings. The Hall–Kier alpha value is -1.51. The van der Waals surface area contributed by atoms with Gasteiger partial charge in [-0.2, -0.15) is 11.8 Å². The van der Waals surface area contributed by atoms with Crippen molar-refractivity contribution in [2.45, 2.75) is 6.92 Å². The molecule has 1 rings (SSSR count). The smallest absolute Gasteiger partial charge is 0.271 e. The summed E-state index contributed by atoms with van der Waals surface area (Å²) in [6.45, 7) is 3.01. The normalized spacial score (nSPS) is 11.3. The molecule has 1 atom stereocenters. The number of carbonyl (C=O) groups excluding carboxylic acids is 1. The third kappa shape index (κ3) is 5.33. The van der Waals surface area contributed by atoms with Gasteiger partial charge in [0, 0.05) is 12.7 Å². The van der Waals surface area contributed by atoms with Crippen molar-refractivity contribution in [3.63, 3.8) is 0 Å². The molecule has 0 saturated heterocycles. The highest BCUT2D eigenvalue weighted by Gasteiger charge is 2.12. The third-order valence-corrected chi connectivity index (χ3v) is 3.31. The summed E-state index contributed by atoms with van der Waals surface area (Å²) >= 11 is 1.77. The predicted molar refractivity (Wildman–Crippen MR) is 80.0 cm³/mol. The van der Waals surface area contributed by atoms with Crippen LogP contribution in [-0.4, -0.2) is 36.0 Å². The number of hydrogen-bond acceptors (Lipinski definition) is 4. The first-order chi connectivity index (χ1) is 9.19. The van der Waals surface area contributed by atoms with E-state index in [1.807, 2.05) is 0 Å². The highest BCUT2D eigenvalue weighted by Crippen LogP contribution is 2.06. The quantitative estimate of drug-likeness (QED) is 0.792. The molecular weight excluding hydrogens is 258 g/mol. The number of amides is 1. The minimum Gasteiger partial charge on any atom is -0.350 e. The first-order valence-electron chi connectivity index (χ1n) is 6.10. The first kappa shape index (κ1) is 15.5. The van der Waals surface area contributed by atoms with E-state index < -0.39 is 0 Å². The molecule has 5 heteroatoms. The van der Waals surface area contributed by atoms with Gasteiger partial charge in [-0.25, -0.2) is 4.98 Å². The van der Waals surface area contributed by atoms with Crippen molar-refractivity contribution in [1.82, 2.24) is 10.3 Å². The van der Waals surface area contributed by atoms with Gasteiger partial charge in [0.1, 0.15) is 5.69 Å². The van der Waals surface area contributed by atoms with Crippen LogP contribution in [0.2, 0.25) is 0 Å². The van der Waals surface area contributed by atoms with Gasteiger partial charge >= 0.3 is 0 Å².